The lowest BCUT2D eigenvalue weighted by Crippen LogP contribution is -2.42. The lowest BCUT2D eigenvalue weighted by atomic mass is 9.94. The van der Waals surface area contributed by atoms with Gasteiger partial charge in [0.1, 0.15) is 20.9 Å². The number of rotatable bonds is 6. The van der Waals surface area contributed by atoms with Crippen molar-refractivity contribution in [1.29, 1.82) is 0 Å². The van der Waals surface area contributed by atoms with Gasteiger partial charge in [0, 0.05) is 28.7 Å². The monoisotopic (exact) mass is 515 g/mol. The molecule has 4 aromatic rings. The molecule has 0 spiro atoms. The van der Waals surface area contributed by atoms with Crippen LogP contribution in [0.25, 0.3) is 22.2 Å². The Hall–Kier alpha value is -2.26. The average Bonchev–Trinajstić information content (AvgIpc) is 3.19. The van der Waals surface area contributed by atoms with E-state index in [1.807, 2.05) is 69.3 Å². The van der Waals surface area contributed by atoms with Crippen molar-refractivity contribution in [2.24, 2.45) is 0 Å². The van der Waals surface area contributed by atoms with E-state index in [4.69, 9.17) is 4.52 Å². The normalized spacial score (nSPS) is 13.9. The number of nitrogens with one attached hydrogen (secondary N) is 1. The fourth-order valence-corrected chi connectivity index (χ4v) is 4.58. The fraction of sp³-hybridized carbons (Fsp3) is 0.250. The molecule has 0 fully saturated rings. The van der Waals surface area contributed by atoms with Crippen LogP contribution in [0, 0.1) is 5.82 Å². The highest BCUT2D eigenvalue weighted by Crippen LogP contribution is 2.35. The van der Waals surface area contributed by atoms with Gasteiger partial charge in [-0.3, -0.25) is 0 Å². The lowest BCUT2D eigenvalue weighted by molar-refractivity contribution is 0.459. The highest BCUT2D eigenvalue weighted by molar-refractivity contribution is 9.10. The molecule has 0 radical (unpaired) electrons. The molecule has 32 heavy (non-hydrogen) atoms. The summed E-state index contributed by atoms with van der Waals surface area (Å²) in [6, 6.07) is 17.8. The minimum atomic E-state index is -1.39. The summed E-state index contributed by atoms with van der Waals surface area (Å²) in [5.74, 6) is -0.411. The zero-order valence-electron chi connectivity index (χ0n) is 17.9. The van der Waals surface area contributed by atoms with Gasteiger partial charge in [-0.1, -0.05) is 41.6 Å². The van der Waals surface area contributed by atoms with E-state index in [-0.39, 0.29) is 12.1 Å². The van der Waals surface area contributed by atoms with Crippen LogP contribution in [0.4, 0.5) is 4.39 Å². The third-order valence-corrected chi connectivity index (χ3v) is 7.11. The molecule has 5 nitrogen and oxygen atoms in total. The van der Waals surface area contributed by atoms with Crippen molar-refractivity contribution in [3.63, 3.8) is 0 Å². The van der Waals surface area contributed by atoms with E-state index < -0.39 is 28.0 Å². The molecule has 0 aliphatic heterocycles. The largest absolute Gasteiger partial charge is 0.598 e. The summed E-state index contributed by atoms with van der Waals surface area (Å²) < 4.78 is 36.4. The van der Waals surface area contributed by atoms with Gasteiger partial charge in [-0.05, 0) is 66.5 Å². The first-order chi connectivity index (χ1) is 15.2. The second kappa shape index (κ2) is 9.31. The summed E-state index contributed by atoms with van der Waals surface area (Å²) in [6.45, 7) is 5.67. The van der Waals surface area contributed by atoms with Crippen molar-refractivity contribution in [2.45, 2.75) is 38.0 Å². The van der Waals surface area contributed by atoms with Crippen LogP contribution in [-0.2, 0) is 17.8 Å². The highest BCUT2D eigenvalue weighted by atomic mass is 79.9. The van der Waals surface area contributed by atoms with Gasteiger partial charge < -0.3 is 9.08 Å². The Bertz CT molecular complexity index is 1240. The van der Waals surface area contributed by atoms with Gasteiger partial charge in [0.15, 0.2) is 5.58 Å². The molecule has 0 saturated carbocycles. The van der Waals surface area contributed by atoms with E-state index in [0.29, 0.717) is 15.9 Å². The maximum atomic E-state index is 14.6. The van der Waals surface area contributed by atoms with E-state index in [2.05, 4.69) is 30.8 Å². The third-order valence-electron chi connectivity index (χ3n) is 5.06. The van der Waals surface area contributed by atoms with Crippen LogP contribution in [-0.4, -0.2) is 19.4 Å². The van der Waals surface area contributed by atoms with E-state index in [9.17, 15) is 8.94 Å². The van der Waals surface area contributed by atoms with Crippen LogP contribution in [0.2, 0.25) is 0 Å². The first-order valence-electron chi connectivity index (χ1n) is 10.2. The molecule has 0 amide bonds. The zero-order chi connectivity index (χ0) is 22.9. The maximum Gasteiger partial charge on any atom is 0.167 e. The molecule has 4 rings (SSSR count). The van der Waals surface area contributed by atoms with E-state index in [1.54, 1.807) is 6.07 Å². The predicted octanol–water partition coefficient (Wildman–Crippen LogP) is 6.13. The van der Waals surface area contributed by atoms with Crippen LogP contribution >= 0.6 is 15.9 Å². The van der Waals surface area contributed by atoms with Gasteiger partial charge in [0.25, 0.3) is 0 Å². The Kier molecular flexibility index (Phi) is 6.67. The predicted molar refractivity (Wildman–Crippen MR) is 129 cm³/mol. The Labute approximate surface area is 197 Å². The number of pyridine rings is 1. The Morgan fingerprint density at radius 1 is 1.09 bits per heavy atom. The minimum Gasteiger partial charge on any atom is -0.598 e. The van der Waals surface area contributed by atoms with Crippen LogP contribution < -0.4 is 4.72 Å². The highest BCUT2D eigenvalue weighted by Gasteiger charge is 2.32. The van der Waals surface area contributed by atoms with E-state index >= 15 is 0 Å². The molecule has 8 heteroatoms. The summed E-state index contributed by atoms with van der Waals surface area (Å²) in [5.41, 5.74) is 3.32. The molecule has 0 aliphatic rings. The number of hydrogen-bond donors (Lipinski definition) is 1. The number of aromatic nitrogens is 2. The minimum absolute atomic E-state index is 0.208. The molecule has 2 atom stereocenters. The Morgan fingerprint density at radius 2 is 1.81 bits per heavy atom. The quantitative estimate of drug-likeness (QED) is 0.247. The summed E-state index contributed by atoms with van der Waals surface area (Å²) >= 11 is 1.93. The van der Waals surface area contributed by atoms with Gasteiger partial charge in [-0.15, -0.1) is 4.72 Å². The van der Waals surface area contributed by atoms with Crippen molar-refractivity contribution in [3.8, 4) is 11.3 Å². The molecule has 166 valence electrons. The van der Waals surface area contributed by atoms with Gasteiger partial charge in [0.2, 0.25) is 0 Å². The molecule has 2 aromatic carbocycles. The molecule has 0 saturated heterocycles. The SMILES string of the molecule is CC(C)(C)[S@+]([O-])N[C@@H](Cc1nc(Br)ccc1F)c1ccccc1-c1noc2ccccc12. The first-order valence-corrected chi connectivity index (χ1v) is 12.1. The van der Waals surface area contributed by atoms with Crippen molar-refractivity contribution < 1.29 is 13.5 Å². The summed E-state index contributed by atoms with van der Waals surface area (Å²) in [5, 5.41) is 5.18. The van der Waals surface area contributed by atoms with Gasteiger partial charge >= 0.3 is 0 Å². The van der Waals surface area contributed by atoms with Gasteiger partial charge in [-0.2, -0.15) is 0 Å². The van der Waals surface area contributed by atoms with Crippen molar-refractivity contribution in [2.75, 3.05) is 0 Å². The second-order valence-electron chi connectivity index (χ2n) is 8.43. The standard InChI is InChI=1S/C24H23BrFN3O2S/c1-24(2,3)32(30)29-19(14-20-18(26)12-13-22(25)27-20)15-8-4-5-9-16(15)23-17-10-6-7-11-21(17)31-28-23/h4-13,19,29H,14H2,1-3H3/t19-,32-/m0/s1. The second-order valence-corrected chi connectivity index (χ2v) is 11.2. The van der Waals surface area contributed by atoms with Crippen molar-refractivity contribution in [1.82, 2.24) is 14.9 Å². The lowest BCUT2D eigenvalue weighted by Gasteiger charge is -2.29. The molecule has 2 heterocycles. The van der Waals surface area contributed by atoms with Crippen LogP contribution in [0.3, 0.4) is 0 Å². The Balaban J connectivity index is 1.82. The van der Waals surface area contributed by atoms with Crippen LogP contribution in [0.15, 0.2) is 69.8 Å². The summed E-state index contributed by atoms with van der Waals surface area (Å²) in [6.07, 6.45) is 0.208. The number of benzene rings is 2. The average molecular weight is 516 g/mol. The molecular weight excluding hydrogens is 493 g/mol. The molecule has 0 bridgehead atoms. The van der Waals surface area contributed by atoms with Crippen molar-refractivity contribution >= 4 is 38.3 Å². The molecular formula is C24H23BrFN3O2S. The Morgan fingerprint density at radius 3 is 2.59 bits per heavy atom. The number of hydrogen-bond acceptors (Lipinski definition) is 5. The smallest absolute Gasteiger partial charge is 0.167 e. The van der Waals surface area contributed by atoms with Gasteiger partial charge in [-0.25, -0.2) is 9.37 Å². The third kappa shape index (κ3) is 4.88. The summed E-state index contributed by atoms with van der Waals surface area (Å²) in [4.78, 5) is 4.32. The van der Waals surface area contributed by atoms with Crippen LogP contribution in [0.1, 0.15) is 38.1 Å². The van der Waals surface area contributed by atoms with Gasteiger partial charge in [0.05, 0.1) is 11.7 Å². The maximum absolute atomic E-state index is 14.6. The molecule has 1 N–H and O–H groups in total. The number of para-hydroxylation sites is 1. The van der Waals surface area contributed by atoms with Crippen molar-refractivity contribution in [3.05, 3.63) is 82.3 Å². The zero-order valence-corrected chi connectivity index (χ0v) is 20.3. The number of fused-ring (bicyclic) bond motifs is 1. The molecule has 2 aromatic heterocycles. The molecule has 0 aliphatic carbocycles. The number of halogens is 2. The van der Waals surface area contributed by atoms with Crippen LogP contribution in [0.5, 0.6) is 0 Å². The topological polar surface area (TPSA) is 74.0 Å². The molecule has 0 unspecified atom stereocenters. The summed E-state index contributed by atoms with van der Waals surface area (Å²) in [7, 11) is 0. The fourth-order valence-electron chi connectivity index (χ4n) is 3.41. The van der Waals surface area contributed by atoms with E-state index in [0.717, 1.165) is 16.5 Å². The van der Waals surface area contributed by atoms with E-state index in [1.165, 1.54) is 6.07 Å². The number of nitrogens with zero attached hydrogens (tertiary/aromatic N) is 2. The first kappa shape index (κ1) is 22.9.